The predicted octanol–water partition coefficient (Wildman–Crippen LogP) is 0.281. The third-order valence-electron chi connectivity index (χ3n) is 3.17. The highest BCUT2D eigenvalue weighted by Crippen LogP contribution is 2.20. The molecule has 0 radical (unpaired) electrons. The maximum absolute atomic E-state index is 11.8. The third kappa shape index (κ3) is 4.50. The van der Waals surface area contributed by atoms with Gasteiger partial charge in [0.2, 0.25) is 0 Å². The van der Waals surface area contributed by atoms with Crippen molar-refractivity contribution in [3.8, 4) is 0 Å². The van der Waals surface area contributed by atoms with E-state index < -0.39 is 9.84 Å². The number of hydrogen-bond acceptors (Lipinski definition) is 5. The molecule has 0 aromatic heterocycles. The van der Waals surface area contributed by atoms with Crippen LogP contribution in [0.2, 0.25) is 0 Å². The van der Waals surface area contributed by atoms with Gasteiger partial charge in [0.25, 0.3) is 0 Å². The second-order valence-electron chi connectivity index (χ2n) is 5.83. The first-order chi connectivity index (χ1) is 8.16. The quantitative estimate of drug-likeness (QED) is 0.783. The van der Waals surface area contributed by atoms with Gasteiger partial charge in [0.1, 0.15) is 0 Å². The fraction of sp³-hybridized carbons (Fsp3) is 1.00. The molecule has 108 valence electrons. The molecule has 5 nitrogen and oxygen atoms in total. The van der Waals surface area contributed by atoms with E-state index >= 15 is 0 Å². The van der Waals surface area contributed by atoms with Crippen molar-refractivity contribution in [2.45, 2.75) is 44.6 Å². The summed E-state index contributed by atoms with van der Waals surface area (Å²) >= 11 is 0. The van der Waals surface area contributed by atoms with Crippen LogP contribution in [0.1, 0.15) is 27.7 Å². The summed E-state index contributed by atoms with van der Waals surface area (Å²) < 4.78 is 29.2. The van der Waals surface area contributed by atoms with Gasteiger partial charge in [-0.25, -0.2) is 8.42 Å². The monoisotopic (exact) mass is 279 g/mol. The summed E-state index contributed by atoms with van der Waals surface area (Å²) in [5.41, 5.74) is -0.340. The lowest BCUT2D eigenvalue weighted by atomic mass is 10.1. The van der Waals surface area contributed by atoms with E-state index in [9.17, 15) is 13.5 Å². The summed E-state index contributed by atoms with van der Waals surface area (Å²) in [5.74, 6) is 0.166. The maximum Gasteiger partial charge on any atom is 0.153 e. The van der Waals surface area contributed by atoms with Crippen LogP contribution in [0.15, 0.2) is 0 Å². The molecule has 0 aromatic rings. The Balaban J connectivity index is 2.57. The Hall–Kier alpha value is -0.170. The van der Waals surface area contributed by atoms with E-state index in [4.69, 9.17) is 4.74 Å². The van der Waals surface area contributed by atoms with Crippen LogP contribution >= 0.6 is 0 Å². The molecule has 1 N–H and O–H groups in total. The molecule has 0 amide bonds. The molecule has 1 saturated heterocycles. The highest BCUT2D eigenvalue weighted by molar-refractivity contribution is 7.92. The van der Waals surface area contributed by atoms with E-state index in [1.807, 2.05) is 13.8 Å². The van der Waals surface area contributed by atoms with Gasteiger partial charge in [0.15, 0.2) is 9.84 Å². The molecule has 1 fully saturated rings. The van der Waals surface area contributed by atoms with E-state index in [0.717, 1.165) is 0 Å². The van der Waals surface area contributed by atoms with E-state index in [1.54, 1.807) is 13.8 Å². The molecule has 6 heteroatoms. The van der Waals surface area contributed by atoms with Gasteiger partial charge in [-0.05, 0) is 27.7 Å². The molecule has 18 heavy (non-hydrogen) atoms. The first-order valence-electron chi connectivity index (χ1n) is 6.39. The molecule has 0 saturated carbocycles. The lowest BCUT2D eigenvalue weighted by molar-refractivity contribution is -0.147. The normalized spacial score (nSPS) is 25.6. The molecule has 0 aromatic carbocycles. The Morgan fingerprint density at radius 3 is 2.56 bits per heavy atom. The highest BCUT2D eigenvalue weighted by Gasteiger charge is 2.33. The minimum atomic E-state index is -3.00. The number of rotatable bonds is 5. The minimum absolute atomic E-state index is 0.0309. The first kappa shape index (κ1) is 15.9. The Bertz CT molecular complexity index is 364. The SMILES string of the molecule is CC(C)S(=O)(=O)CCN1CC(CO)OC(C)(C)C1. The number of sulfone groups is 1. The van der Waals surface area contributed by atoms with Gasteiger partial charge in [0.05, 0.1) is 29.3 Å². The number of aliphatic hydroxyl groups is 1. The molecular formula is C12H25NO4S. The molecule has 1 aliphatic heterocycles. The van der Waals surface area contributed by atoms with Crippen molar-refractivity contribution in [3.05, 3.63) is 0 Å². The summed E-state index contributed by atoms with van der Waals surface area (Å²) in [6.07, 6.45) is -0.226. The van der Waals surface area contributed by atoms with Crippen molar-refractivity contribution in [3.63, 3.8) is 0 Å². The maximum atomic E-state index is 11.8. The number of ether oxygens (including phenoxy) is 1. The molecule has 0 bridgehead atoms. The fourth-order valence-corrected chi connectivity index (χ4v) is 3.16. The van der Waals surface area contributed by atoms with E-state index in [0.29, 0.717) is 19.6 Å². The summed E-state index contributed by atoms with van der Waals surface area (Å²) in [5, 5.41) is 8.85. The van der Waals surface area contributed by atoms with E-state index in [1.165, 1.54) is 0 Å². The van der Waals surface area contributed by atoms with Crippen molar-refractivity contribution in [2.24, 2.45) is 0 Å². The van der Waals surface area contributed by atoms with Crippen LogP contribution in [0.25, 0.3) is 0 Å². The summed E-state index contributed by atoms with van der Waals surface area (Å²) in [7, 11) is -3.00. The second-order valence-corrected chi connectivity index (χ2v) is 8.51. The Kier molecular flexibility index (Phi) is 5.17. The highest BCUT2D eigenvalue weighted by atomic mass is 32.2. The van der Waals surface area contributed by atoms with Crippen LogP contribution in [0.4, 0.5) is 0 Å². The van der Waals surface area contributed by atoms with Crippen molar-refractivity contribution < 1.29 is 18.3 Å². The molecule has 0 spiro atoms. The number of hydrogen-bond donors (Lipinski definition) is 1. The molecule has 0 aliphatic carbocycles. The lowest BCUT2D eigenvalue weighted by Gasteiger charge is -2.42. The van der Waals surface area contributed by atoms with Gasteiger partial charge in [0, 0.05) is 19.6 Å². The van der Waals surface area contributed by atoms with Gasteiger partial charge in [-0.2, -0.15) is 0 Å². The van der Waals surface area contributed by atoms with Crippen molar-refractivity contribution >= 4 is 9.84 Å². The number of aliphatic hydroxyl groups excluding tert-OH is 1. The van der Waals surface area contributed by atoms with Gasteiger partial charge >= 0.3 is 0 Å². The van der Waals surface area contributed by atoms with Crippen LogP contribution in [-0.2, 0) is 14.6 Å². The van der Waals surface area contributed by atoms with Crippen LogP contribution in [0.3, 0.4) is 0 Å². The third-order valence-corrected chi connectivity index (χ3v) is 5.35. The predicted molar refractivity (Wildman–Crippen MR) is 71.4 cm³/mol. The topological polar surface area (TPSA) is 66.8 Å². The summed E-state index contributed by atoms with van der Waals surface area (Å²) in [4.78, 5) is 2.06. The van der Waals surface area contributed by atoms with Crippen molar-refractivity contribution in [1.82, 2.24) is 4.90 Å². The summed E-state index contributed by atoms with van der Waals surface area (Å²) in [6, 6.07) is 0. The summed E-state index contributed by atoms with van der Waals surface area (Å²) in [6.45, 7) is 9.08. The van der Waals surface area contributed by atoms with Gasteiger partial charge in [-0.15, -0.1) is 0 Å². The van der Waals surface area contributed by atoms with Crippen LogP contribution in [-0.4, -0.2) is 67.4 Å². The van der Waals surface area contributed by atoms with E-state index in [2.05, 4.69) is 4.90 Å². The lowest BCUT2D eigenvalue weighted by Crippen LogP contribution is -2.54. The second kappa shape index (κ2) is 5.86. The number of nitrogens with zero attached hydrogens (tertiary/aromatic N) is 1. The Morgan fingerprint density at radius 2 is 2.06 bits per heavy atom. The van der Waals surface area contributed by atoms with Gasteiger partial charge in [-0.1, -0.05) is 0 Å². The van der Waals surface area contributed by atoms with E-state index in [-0.39, 0.29) is 29.3 Å². The molecule has 1 aliphatic rings. The zero-order chi connectivity index (χ0) is 14.0. The average Bonchev–Trinajstić information content (AvgIpc) is 2.24. The molecule has 1 rings (SSSR count). The standard InChI is InChI=1S/C12H25NO4S/c1-10(2)18(15,16)6-5-13-7-11(8-14)17-12(3,4)9-13/h10-11,14H,5-9H2,1-4H3. The van der Waals surface area contributed by atoms with Crippen molar-refractivity contribution in [2.75, 3.05) is 32.0 Å². The molecule has 1 atom stereocenters. The Morgan fingerprint density at radius 1 is 1.44 bits per heavy atom. The average molecular weight is 279 g/mol. The fourth-order valence-electron chi connectivity index (χ4n) is 2.17. The van der Waals surface area contributed by atoms with Crippen LogP contribution < -0.4 is 0 Å². The largest absolute Gasteiger partial charge is 0.394 e. The zero-order valence-corrected chi connectivity index (χ0v) is 12.5. The zero-order valence-electron chi connectivity index (χ0n) is 11.7. The first-order valence-corrected chi connectivity index (χ1v) is 8.10. The van der Waals surface area contributed by atoms with Gasteiger partial charge in [-0.3, -0.25) is 4.90 Å². The Labute approximate surface area is 110 Å². The minimum Gasteiger partial charge on any atom is -0.394 e. The number of morpholine rings is 1. The van der Waals surface area contributed by atoms with Crippen molar-refractivity contribution in [1.29, 1.82) is 0 Å². The molecule has 1 unspecified atom stereocenters. The molecular weight excluding hydrogens is 254 g/mol. The van der Waals surface area contributed by atoms with Crippen LogP contribution in [0.5, 0.6) is 0 Å². The smallest absolute Gasteiger partial charge is 0.153 e. The van der Waals surface area contributed by atoms with Gasteiger partial charge < -0.3 is 9.84 Å². The molecule has 1 heterocycles. The van der Waals surface area contributed by atoms with Crippen LogP contribution in [0, 0.1) is 0 Å².